The Morgan fingerprint density at radius 3 is 2.56 bits per heavy atom. The highest BCUT2D eigenvalue weighted by atomic mass is 14.8. The summed E-state index contributed by atoms with van der Waals surface area (Å²) in [7, 11) is 0. The van der Waals surface area contributed by atoms with E-state index < -0.39 is 0 Å². The molecule has 52 valence electrons. The first-order chi connectivity index (χ1) is 4.27. The van der Waals surface area contributed by atoms with Crippen LogP contribution in [0.4, 0.5) is 0 Å². The predicted octanol–water partition coefficient (Wildman–Crippen LogP) is 1.83. The third kappa shape index (κ3) is 1.55. The van der Waals surface area contributed by atoms with E-state index in [2.05, 4.69) is 19.1 Å². The molecule has 1 rings (SSSR count). The molecular weight excluding hydrogens is 110 g/mol. The molecule has 1 heteroatoms. The van der Waals surface area contributed by atoms with E-state index in [1.54, 1.807) is 0 Å². The maximum atomic E-state index is 5.90. The molecule has 0 bridgehead atoms. The van der Waals surface area contributed by atoms with E-state index in [-0.39, 0.29) is 5.54 Å². The monoisotopic (exact) mass is 125 g/mol. The van der Waals surface area contributed by atoms with Crippen LogP contribution >= 0.6 is 0 Å². The minimum Gasteiger partial charge on any atom is -0.322 e. The summed E-state index contributed by atoms with van der Waals surface area (Å²) in [6, 6.07) is 0. The Bertz CT molecular complexity index is 112. The second kappa shape index (κ2) is 2.53. The fourth-order valence-corrected chi connectivity index (χ4v) is 1.10. The molecule has 0 aromatic rings. The molecule has 0 saturated heterocycles. The molecule has 0 aromatic carbocycles. The quantitative estimate of drug-likeness (QED) is 0.560. The molecule has 9 heavy (non-hydrogen) atoms. The topological polar surface area (TPSA) is 26.0 Å². The first kappa shape index (κ1) is 6.81. The Morgan fingerprint density at radius 1 is 1.56 bits per heavy atom. The van der Waals surface area contributed by atoms with Crippen molar-refractivity contribution in [2.24, 2.45) is 5.73 Å². The SMILES string of the molecule is CC/C=C/C1(N)CCC1. The lowest BCUT2D eigenvalue weighted by Gasteiger charge is -2.35. The van der Waals surface area contributed by atoms with E-state index >= 15 is 0 Å². The lowest BCUT2D eigenvalue weighted by molar-refractivity contribution is 0.316. The summed E-state index contributed by atoms with van der Waals surface area (Å²) in [5, 5.41) is 0. The standard InChI is InChI=1S/C8H15N/c1-2-3-5-8(9)6-4-7-8/h3,5H,2,4,6-7,9H2,1H3/b5-3+. The van der Waals surface area contributed by atoms with Crippen molar-refractivity contribution in [1.29, 1.82) is 0 Å². The molecule has 1 nitrogen and oxygen atoms in total. The van der Waals surface area contributed by atoms with Gasteiger partial charge in [0.05, 0.1) is 0 Å². The van der Waals surface area contributed by atoms with Crippen molar-refractivity contribution in [3.8, 4) is 0 Å². The molecule has 1 fully saturated rings. The number of allylic oxidation sites excluding steroid dienone is 1. The fraction of sp³-hybridized carbons (Fsp3) is 0.750. The maximum absolute atomic E-state index is 5.90. The highest BCUT2D eigenvalue weighted by Gasteiger charge is 2.28. The average Bonchev–Trinajstić information content (AvgIpc) is 1.79. The molecule has 0 spiro atoms. The van der Waals surface area contributed by atoms with Gasteiger partial charge in [-0.05, 0) is 25.7 Å². The molecule has 0 heterocycles. The molecule has 1 saturated carbocycles. The van der Waals surface area contributed by atoms with Gasteiger partial charge in [-0.25, -0.2) is 0 Å². The second-order valence-electron chi connectivity index (χ2n) is 2.90. The van der Waals surface area contributed by atoms with Gasteiger partial charge in [0.25, 0.3) is 0 Å². The van der Waals surface area contributed by atoms with Crippen molar-refractivity contribution in [3.05, 3.63) is 12.2 Å². The van der Waals surface area contributed by atoms with Crippen LogP contribution in [0.2, 0.25) is 0 Å². The smallest absolute Gasteiger partial charge is 0.0339 e. The van der Waals surface area contributed by atoms with Gasteiger partial charge in [0.1, 0.15) is 0 Å². The third-order valence-electron chi connectivity index (χ3n) is 1.97. The van der Waals surface area contributed by atoms with Crippen LogP contribution in [-0.2, 0) is 0 Å². The van der Waals surface area contributed by atoms with Crippen molar-refractivity contribution in [2.75, 3.05) is 0 Å². The Balaban J connectivity index is 2.32. The van der Waals surface area contributed by atoms with Crippen LogP contribution in [0.15, 0.2) is 12.2 Å². The minimum absolute atomic E-state index is 0.0933. The van der Waals surface area contributed by atoms with Gasteiger partial charge in [-0.1, -0.05) is 19.1 Å². The zero-order valence-corrected chi connectivity index (χ0v) is 6.06. The summed E-state index contributed by atoms with van der Waals surface area (Å²) in [4.78, 5) is 0. The number of hydrogen-bond donors (Lipinski definition) is 1. The van der Waals surface area contributed by atoms with Gasteiger partial charge in [0.2, 0.25) is 0 Å². The summed E-state index contributed by atoms with van der Waals surface area (Å²) in [5.74, 6) is 0. The van der Waals surface area contributed by atoms with Crippen LogP contribution in [-0.4, -0.2) is 5.54 Å². The van der Waals surface area contributed by atoms with Gasteiger partial charge in [0, 0.05) is 5.54 Å². The first-order valence-corrected chi connectivity index (χ1v) is 3.73. The summed E-state index contributed by atoms with van der Waals surface area (Å²) < 4.78 is 0. The molecule has 1 aliphatic rings. The molecule has 0 aliphatic heterocycles. The van der Waals surface area contributed by atoms with Crippen LogP contribution in [0.25, 0.3) is 0 Å². The average molecular weight is 125 g/mol. The maximum Gasteiger partial charge on any atom is 0.0339 e. The lowest BCUT2D eigenvalue weighted by atomic mass is 9.77. The number of rotatable bonds is 2. The Labute approximate surface area is 56.9 Å². The zero-order valence-electron chi connectivity index (χ0n) is 6.06. The van der Waals surface area contributed by atoms with Gasteiger partial charge in [-0.15, -0.1) is 0 Å². The number of nitrogens with two attached hydrogens (primary N) is 1. The van der Waals surface area contributed by atoms with Gasteiger partial charge >= 0.3 is 0 Å². The van der Waals surface area contributed by atoms with Crippen LogP contribution in [0.1, 0.15) is 32.6 Å². The summed E-state index contributed by atoms with van der Waals surface area (Å²) in [6.07, 6.45) is 9.12. The van der Waals surface area contributed by atoms with E-state index in [4.69, 9.17) is 5.73 Å². The van der Waals surface area contributed by atoms with Gasteiger partial charge < -0.3 is 5.73 Å². The highest BCUT2D eigenvalue weighted by molar-refractivity contribution is 5.09. The Kier molecular flexibility index (Phi) is 1.91. The fourth-order valence-electron chi connectivity index (χ4n) is 1.10. The van der Waals surface area contributed by atoms with Crippen molar-refractivity contribution < 1.29 is 0 Å². The molecule has 1 aliphatic carbocycles. The van der Waals surface area contributed by atoms with Gasteiger partial charge in [-0.2, -0.15) is 0 Å². The van der Waals surface area contributed by atoms with Crippen molar-refractivity contribution >= 4 is 0 Å². The highest BCUT2D eigenvalue weighted by Crippen LogP contribution is 2.30. The molecule has 0 aromatic heterocycles. The minimum atomic E-state index is 0.0933. The summed E-state index contributed by atoms with van der Waals surface area (Å²) >= 11 is 0. The molecule has 0 atom stereocenters. The van der Waals surface area contributed by atoms with Crippen LogP contribution < -0.4 is 5.73 Å². The van der Waals surface area contributed by atoms with Crippen LogP contribution in [0.3, 0.4) is 0 Å². The molecule has 0 unspecified atom stereocenters. The Morgan fingerprint density at radius 2 is 2.22 bits per heavy atom. The number of hydrogen-bond acceptors (Lipinski definition) is 1. The predicted molar refractivity (Wildman–Crippen MR) is 40.2 cm³/mol. The first-order valence-electron chi connectivity index (χ1n) is 3.73. The normalized spacial score (nSPS) is 24.2. The summed E-state index contributed by atoms with van der Waals surface area (Å²) in [6.45, 7) is 2.14. The lowest BCUT2D eigenvalue weighted by Crippen LogP contribution is -2.44. The second-order valence-corrected chi connectivity index (χ2v) is 2.90. The van der Waals surface area contributed by atoms with Crippen molar-refractivity contribution in [1.82, 2.24) is 0 Å². The van der Waals surface area contributed by atoms with Crippen molar-refractivity contribution in [2.45, 2.75) is 38.1 Å². The Hall–Kier alpha value is -0.300. The molecular formula is C8H15N. The molecule has 0 amide bonds. The van der Waals surface area contributed by atoms with Crippen LogP contribution in [0, 0.1) is 0 Å². The van der Waals surface area contributed by atoms with E-state index in [0.29, 0.717) is 0 Å². The van der Waals surface area contributed by atoms with Crippen LogP contribution in [0.5, 0.6) is 0 Å². The van der Waals surface area contributed by atoms with Gasteiger partial charge in [-0.3, -0.25) is 0 Å². The van der Waals surface area contributed by atoms with E-state index in [0.717, 1.165) is 6.42 Å². The largest absolute Gasteiger partial charge is 0.322 e. The molecule has 0 radical (unpaired) electrons. The van der Waals surface area contributed by atoms with E-state index in [1.807, 2.05) is 0 Å². The van der Waals surface area contributed by atoms with E-state index in [1.165, 1.54) is 19.3 Å². The van der Waals surface area contributed by atoms with Gasteiger partial charge in [0.15, 0.2) is 0 Å². The van der Waals surface area contributed by atoms with Crippen molar-refractivity contribution in [3.63, 3.8) is 0 Å². The molecule has 2 N–H and O–H groups in total. The zero-order chi connectivity index (χ0) is 6.74. The summed E-state index contributed by atoms with van der Waals surface area (Å²) in [5.41, 5.74) is 6.00. The third-order valence-corrected chi connectivity index (χ3v) is 1.97. The van der Waals surface area contributed by atoms with E-state index in [9.17, 15) is 0 Å².